The van der Waals surface area contributed by atoms with Gasteiger partial charge in [-0.3, -0.25) is 9.59 Å². The van der Waals surface area contributed by atoms with Gasteiger partial charge in [0.2, 0.25) is 5.91 Å². The Bertz CT molecular complexity index is 745. The Balaban J connectivity index is 2.29. The molecule has 0 saturated carbocycles. The molecule has 0 aliphatic carbocycles. The van der Waals surface area contributed by atoms with Gasteiger partial charge in [-0.25, -0.2) is 4.68 Å². The molecule has 2 aromatic rings. The second kappa shape index (κ2) is 7.28. The molecule has 0 aliphatic heterocycles. The van der Waals surface area contributed by atoms with Crippen molar-refractivity contribution < 1.29 is 22.8 Å². The van der Waals surface area contributed by atoms with Crippen LogP contribution in [0, 0.1) is 0 Å². The number of benzene rings is 1. The fourth-order valence-electron chi connectivity index (χ4n) is 1.96. The first-order valence-electron chi connectivity index (χ1n) is 7.07. The van der Waals surface area contributed by atoms with Crippen molar-refractivity contribution in [1.29, 1.82) is 0 Å². The summed E-state index contributed by atoms with van der Waals surface area (Å²) in [4.78, 5) is 25.8. The van der Waals surface area contributed by atoms with Gasteiger partial charge in [-0.2, -0.15) is 13.2 Å². The second-order valence-electron chi connectivity index (χ2n) is 5.37. The van der Waals surface area contributed by atoms with Gasteiger partial charge in [0.05, 0.1) is 5.69 Å². The molecule has 1 heterocycles. The van der Waals surface area contributed by atoms with E-state index in [1.165, 1.54) is 43.3 Å². The normalized spacial score (nSPS) is 11.2. The molecule has 0 fully saturated rings. The monoisotopic (exact) mass is 356 g/mol. The molecule has 8 nitrogen and oxygen atoms in total. The molecule has 2 rings (SSSR count). The number of nitrogens with zero attached hydrogens (tertiary/aromatic N) is 6. The lowest BCUT2D eigenvalue weighted by Gasteiger charge is -2.25. The Labute approximate surface area is 140 Å². The maximum absolute atomic E-state index is 12.8. The molecule has 0 aliphatic rings. The maximum Gasteiger partial charge on any atom is 0.406 e. The molecule has 1 aromatic heterocycles. The lowest BCUT2D eigenvalue weighted by Crippen LogP contribution is -2.44. The Morgan fingerprint density at radius 3 is 2.52 bits per heavy atom. The number of hydrogen-bond acceptors (Lipinski definition) is 5. The lowest BCUT2D eigenvalue weighted by molar-refractivity contribution is -0.146. The standard InChI is InChI=1S/C14H15F3N6O2/c1-21(2)12(24)7-22(8-14(15,16)17)13(25)10-4-3-5-11(6-10)23-9-18-19-20-23/h3-6,9H,7-8H2,1-2H3. The molecule has 0 atom stereocenters. The number of tetrazole rings is 1. The first-order chi connectivity index (χ1) is 11.7. The quantitative estimate of drug-likeness (QED) is 0.790. The van der Waals surface area contributed by atoms with Crippen LogP contribution in [-0.2, 0) is 4.79 Å². The number of aromatic nitrogens is 4. The van der Waals surface area contributed by atoms with Gasteiger partial charge in [-0.05, 0) is 28.6 Å². The van der Waals surface area contributed by atoms with Gasteiger partial charge in [0.25, 0.3) is 5.91 Å². The van der Waals surface area contributed by atoms with E-state index >= 15 is 0 Å². The van der Waals surface area contributed by atoms with Crippen molar-refractivity contribution in [3.05, 3.63) is 36.2 Å². The average molecular weight is 356 g/mol. The zero-order valence-corrected chi connectivity index (χ0v) is 13.4. The molecule has 0 unspecified atom stereocenters. The van der Waals surface area contributed by atoms with E-state index in [1.807, 2.05) is 0 Å². The number of hydrogen-bond donors (Lipinski definition) is 0. The summed E-state index contributed by atoms with van der Waals surface area (Å²) in [5, 5.41) is 10.6. The maximum atomic E-state index is 12.8. The molecule has 11 heteroatoms. The van der Waals surface area contributed by atoms with Gasteiger partial charge in [0, 0.05) is 19.7 Å². The van der Waals surface area contributed by atoms with E-state index in [2.05, 4.69) is 15.5 Å². The lowest BCUT2D eigenvalue weighted by atomic mass is 10.1. The summed E-state index contributed by atoms with van der Waals surface area (Å²) in [6, 6.07) is 5.79. The van der Waals surface area contributed by atoms with Crippen LogP contribution in [0.3, 0.4) is 0 Å². The fourth-order valence-corrected chi connectivity index (χ4v) is 1.96. The minimum atomic E-state index is -4.63. The van der Waals surface area contributed by atoms with E-state index in [0.29, 0.717) is 10.6 Å². The highest BCUT2D eigenvalue weighted by Gasteiger charge is 2.34. The number of carbonyl (C=O) groups excluding carboxylic acids is 2. The highest BCUT2D eigenvalue weighted by molar-refractivity contribution is 5.97. The first kappa shape index (κ1) is 18.4. The smallest absolute Gasteiger partial charge is 0.347 e. The summed E-state index contributed by atoms with van der Waals surface area (Å²) in [6.45, 7) is -2.21. The van der Waals surface area contributed by atoms with Gasteiger partial charge in [0.1, 0.15) is 19.4 Å². The SMILES string of the molecule is CN(C)C(=O)CN(CC(F)(F)F)C(=O)c1cccc(-n2cnnn2)c1. The van der Waals surface area contributed by atoms with Crippen molar-refractivity contribution in [3.63, 3.8) is 0 Å². The first-order valence-corrected chi connectivity index (χ1v) is 7.07. The van der Waals surface area contributed by atoms with Crippen LogP contribution in [0.15, 0.2) is 30.6 Å². The summed E-state index contributed by atoms with van der Waals surface area (Å²) in [7, 11) is 2.80. The van der Waals surface area contributed by atoms with Crippen LogP contribution in [-0.4, -0.2) is 75.2 Å². The molecule has 0 bridgehead atoms. The topological polar surface area (TPSA) is 84.2 Å². The second-order valence-corrected chi connectivity index (χ2v) is 5.37. The Hall–Kier alpha value is -2.98. The number of halogens is 3. The van der Waals surface area contributed by atoms with Crippen LogP contribution < -0.4 is 0 Å². The molecule has 0 N–H and O–H groups in total. The fraction of sp³-hybridized carbons (Fsp3) is 0.357. The van der Waals surface area contributed by atoms with Crippen molar-refractivity contribution in [2.45, 2.75) is 6.18 Å². The molecule has 0 saturated heterocycles. The minimum absolute atomic E-state index is 0.0104. The van der Waals surface area contributed by atoms with Crippen LogP contribution >= 0.6 is 0 Å². The van der Waals surface area contributed by atoms with Crippen LogP contribution in [0.5, 0.6) is 0 Å². The van der Waals surface area contributed by atoms with E-state index in [0.717, 1.165) is 4.90 Å². The number of likely N-dealkylation sites (N-methyl/N-ethyl adjacent to an activating group) is 1. The zero-order chi connectivity index (χ0) is 18.6. The van der Waals surface area contributed by atoms with E-state index in [-0.39, 0.29) is 5.56 Å². The highest BCUT2D eigenvalue weighted by Crippen LogP contribution is 2.19. The number of carbonyl (C=O) groups is 2. The van der Waals surface area contributed by atoms with Crippen molar-refractivity contribution in [3.8, 4) is 5.69 Å². The highest BCUT2D eigenvalue weighted by atomic mass is 19.4. The van der Waals surface area contributed by atoms with Gasteiger partial charge < -0.3 is 9.80 Å². The van der Waals surface area contributed by atoms with E-state index in [1.54, 1.807) is 6.07 Å². The van der Waals surface area contributed by atoms with Crippen molar-refractivity contribution >= 4 is 11.8 Å². The minimum Gasteiger partial charge on any atom is -0.347 e. The Morgan fingerprint density at radius 2 is 1.96 bits per heavy atom. The predicted octanol–water partition coefficient (Wildman–Crippen LogP) is 0.755. The molecule has 0 spiro atoms. The molecule has 1 aromatic carbocycles. The van der Waals surface area contributed by atoms with Crippen LogP contribution in [0.25, 0.3) is 5.69 Å². The predicted molar refractivity (Wildman–Crippen MR) is 79.8 cm³/mol. The number of rotatable bonds is 5. The third kappa shape index (κ3) is 4.99. The summed E-state index contributed by atoms with van der Waals surface area (Å²) in [5.41, 5.74) is 0.394. The van der Waals surface area contributed by atoms with Crippen LogP contribution in [0.4, 0.5) is 13.2 Å². The van der Waals surface area contributed by atoms with Gasteiger partial charge >= 0.3 is 6.18 Å². The Kier molecular flexibility index (Phi) is 5.35. The van der Waals surface area contributed by atoms with Gasteiger partial charge in [-0.1, -0.05) is 6.07 Å². The van der Waals surface area contributed by atoms with Crippen LogP contribution in [0.1, 0.15) is 10.4 Å². The molecule has 134 valence electrons. The van der Waals surface area contributed by atoms with Gasteiger partial charge in [-0.15, -0.1) is 5.10 Å². The average Bonchev–Trinajstić information content (AvgIpc) is 3.06. The largest absolute Gasteiger partial charge is 0.406 e. The van der Waals surface area contributed by atoms with E-state index in [9.17, 15) is 22.8 Å². The molecular weight excluding hydrogens is 341 g/mol. The zero-order valence-electron chi connectivity index (χ0n) is 13.4. The third-order valence-electron chi connectivity index (χ3n) is 3.19. The van der Waals surface area contributed by atoms with E-state index in [4.69, 9.17) is 0 Å². The number of alkyl halides is 3. The van der Waals surface area contributed by atoms with Crippen molar-refractivity contribution in [2.24, 2.45) is 0 Å². The molecular formula is C14H15F3N6O2. The summed E-state index contributed by atoms with van der Waals surface area (Å²) >= 11 is 0. The van der Waals surface area contributed by atoms with Crippen LogP contribution in [0.2, 0.25) is 0 Å². The third-order valence-corrected chi connectivity index (χ3v) is 3.19. The van der Waals surface area contributed by atoms with E-state index < -0.39 is 31.1 Å². The summed E-state index contributed by atoms with van der Waals surface area (Å²) in [6.07, 6.45) is -3.34. The molecule has 2 amide bonds. The number of amides is 2. The van der Waals surface area contributed by atoms with Crippen molar-refractivity contribution in [1.82, 2.24) is 30.0 Å². The molecule has 25 heavy (non-hydrogen) atoms. The molecule has 0 radical (unpaired) electrons. The van der Waals surface area contributed by atoms with Gasteiger partial charge in [0.15, 0.2) is 0 Å². The summed E-state index contributed by atoms with van der Waals surface area (Å²) < 4.78 is 39.6. The Morgan fingerprint density at radius 1 is 1.24 bits per heavy atom. The van der Waals surface area contributed by atoms with Crippen molar-refractivity contribution in [2.75, 3.05) is 27.2 Å². The summed E-state index contributed by atoms with van der Waals surface area (Å²) in [5.74, 6) is -1.53.